The molecule has 5 atom stereocenters. The number of hydrogen-bond acceptors (Lipinski definition) is 6. The Bertz CT molecular complexity index is 657. The highest BCUT2D eigenvalue weighted by Gasteiger charge is 2.48. The zero-order valence-electron chi connectivity index (χ0n) is 17.3. The minimum absolute atomic E-state index is 0.0784. The summed E-state index contributed by atoms with van der Waals surface area (Å²) in [4.78, 5) is 0. The predicted octanol–water partition coefficient (Wildman–Crippen LogP) is 4.09. The van der Waals surface area contributed by atoms with Crippen molar-refractivity contribution in [2.75, 3.05) is 13.7 Å². The third kappa shape index (κ3) is 4.76. The highest BCUT2D eigenvalue weighted by Crippen LogP contribution is 2.40. The van der Waals surface area contributed by atoms with E-state index in [4.69, 9.17) is 22.6 Å². The van der Waals surface area contributed by atoms with E-state index in [2.05, 4.69) is 6.92 Å². The van der Waals surface area contributed by atoms with E-state index in [1.165, 1.54) is 0 Å². The lowest BCUT2D eigenvalue weighted by Crippen LogP contribution is -2.44. The topological polar surface area (TPSA) is 63.2 Å². The molecular weight excluding hydrogens is 380 g/mol. The molecule has 2 heterocycles. The smallest absolute Gasteiger partial charge is 0.305 e. The van der Waals surface area contributed by atoms with Crippen LogP contribution in [0.1, 0.15) is 58.4 Å². The zero-order chi connectivity index (χ0) is 20.2. The number of benzene rings is 1. The molecule has 0 saturated carbocycles. The van der Waals surface area contributed by atoms with Crippen LogP contribution in [0.3, 0.4) is 0 Å². The first-order valence-corrected chi connectivity index (χ1v) is 11.1. The summed E-state index contributed by atoms with van der Waals surface area (Å²) >= 11 is -1.67. The predicted molar refractivity (Wildman–Crippen MR) is 107 cm³/mol. The fraction of sp³-hybridized carbons (Fsp3) is 0.714. The summed E-state index contributed by atoms with van der Waals surface area (Å²) in [7, 11) is 1.66. The molecule has 158 valence electrons. The highest BCUT2D eigenvalue weighted by atomic mass is 32.2. The van der Waals surface area contributed by atoms with Crippen molar-refractivity contribution < 1.29 is 26.8 Å². The Labute approximate surface area is 170 Å². The Balaban J connectivity index is 1.67. The number of hydrogen-bond donors (Lipinski definition) is 0. The van der Waals surface area contributed by atoms with Crippen LogP contribution in [-0.2, 0) is 35.8 Å². The average Bonchev–Trinajstić information content (AvgIpc) is 3.25. The van der Waals surface area contributed by atoms with E-state index < -0.39 is 17.0 Å². The van der Waals surface area contributed by atoms with Crippen LogP contribution in [0, 0.1) is 0 Å². The molecule has 1 aromatic carbocycles. The van der Waals surface area contributed by atoms with Crippen molar-refractivity contribution in [3.63, 3.8) is 0 Å². The summed E-state index contributed by atoms with van der Waals surface area (Å²) in [5.74, 6) is 0.830. The molecule has 2 aliphatic rings. The first kappa shape index (κ1) is 21.7. The molecule has 1 unspecified atom stereocenters. The van der Waals surface area contributed by atoms with E-state index in [9.17, 15) is 4.21 Å². The van der Waals surface area contributed by atoms with Gasteiger partial charge in [0.2, 0.25) is 0 Å². The molecular formula is C21H32O6S. The molecule has 0 aliphatic carbocycles. The van der Waals surface area contributed by atoms with Crippen LogP contribution >= 0.6 is 0 Å². The summed E-state index contributed by atoms with van der Waals surface area (Å²) in [5.41, 5.74) is 0.234. The van der Waals surface area contributed by atoms with Gasteiger partial charge >= 0.3 is 11.4 Å². The van der Waals surface area contributed by atoms with Gasteiger partial charge in [-0.2, -0.15) is 4.21 Å². The van der Waals surface area contributed by atoms with Gasteiger partial charge in [-0.3, -0.25) is 8.37 Å². The Morgan fingerprint density at radius 1 is 1.32 bits per heavy atom. The van der Waals surface area contributed by atoms with E-state index in [-0.39, 0.29) is 17.8 Å². The summed E-state index contributed by atoms with van der Waals surface area (Å²) in [5, 5.41) is 0. The van der Waals surface area contributed by atoms with Gasteiger partial charge in [0.15, 0.2) is 0 Å². The minimum Gasteiger partial charge on any atom is -0.497 e. The average molecular weight is 413 g/mol. The van der Waals surface area contributed by atoms with Gasteiger partial charge in [-0.05, 0) is 63.6 Å². The Kier molecular flexibility index (Phi) is 7.15. The Hall–Kier alpha value is -0.990. The lowest BCUT2D eigenvalue weighted by Gasteiger charge is -2.36. The number of rotatable bonds is 9. The second-order valence-corrected chi connectivity index (χ2v) is 8.66. The second kappa shape index (κ2) is 9.22. The molecule has 0 amide bonds. The maximum absolute atomic E-state index is 11.8. The lowest BCUT2D eigenvalue weighted by molar-refractivity contribution is -0.124. The van der Waals surface area contributed by atoms with Gasteiger partial charge in [0.1, 0.15) is 17.5 Å². The van der Waals surface area contributed by atoms with Gasteiger partial charge in [-0.15, -0.1) is 0 Å². The molecule has 2 aliphatic heterocycles. The molecule has 6 nitrogen and oxygen atoms in total. The standard InChI is InChI=1S/C21H32O6S/c1-5-21(16(2)26-28(22)27-21)13-11-19(20(3)12-6-14-25-20)24-15-17-7-9-18(23-4)10-8-17/h7-10,16,19H,5-6,11-15H2,1-4H3/t16-,19+,20-,21-,28?/m0/s1. The van der Waals surface area contributed by atoms with Crippen LogP contribution in [0.15, 0.2) is 24.3 Å². The fourth-order valence-corrected chi connectivity index (χ4v) is 5.17. The lowest BCUT2D eigenvalue weighted by atomic mass is 9.84. The first-order valence-electron chi connectivity index (χ1n) is 10.1. The van der Waals surface area contributed by atoms with Crippen LogP contribution in [0.25, 0.3) is 0 Å². The van der Waals surface area contributed by atoms with Crippen molar-refractivity contribution in [1.82, 2.24) is 0 Å². The maximum atomic E-state index is 11.8. The zero-order valence-corrected chi connectivity index (χ0v) is 18.1. The summed E-state index contributed by atoms with van der Waals surface area (Å²) in [6.07, 6.45) is 3.93. The van der Waals surface area contributed by atoms with Crippen molar-refractivity contribution in [2.24, 2.45) is 0 Å². The summed E-state index contributed by atoms with van der Waals surface area (Å²) in [6, 6.07) is 7.91. The molecule has 0 bridgehead atoms. The van der Waals surface area contributed by atoms with Gasteiger partial charge in [-0.25, -0.2) is 0 Å². The van der Waals surface area contributed by atoms with Crippen molar-refractivity contribution in [1.29, 1.82) is 0 Å². The molecule has 28 heavy (non-hydrogen) atoms. The van der Waals surface area contributed by atoms with E-state index in [1.54, 1.807) is 7.11 Å². The third-order valence-electron chi connectivity index (χ3n) is 6.17. The third-order valence-corrected chi connectivity index (χ3v) is 7.08. The van der Waals surface area contributed by atoms with E-state index in [1.807, 2.05) is 38.1 Å². The van der Waals surface area contributed by atoms with E-state index in [0.717, 1.165) is 43.6 Å². The molecule has 0 radical (unpaired) electrons. The van der Waals surface area contributed by atoms with Gasteiger partial charge in [-0.1, -0.05) is 19.1 Å². The molecule has 0 spiro atoms. The normalized spacial score (nSPS) is 33.9. The van der Waals surface area contributed by atoms with Gasteiger partial charge in [0.05, 0.1) is 25.4 Å². The SMILES string of the molecule is CC[C@@]1(CC[C@@H](OCc2ccc(OC)cc2)[C@]2(C)CCCO2)OS(=O)O[C@H]1C. The van der Waals surface area contributed by atoms with Crippen LogP contribution < -0.4 is 4.74 Å². The monoisotopic (exact) mass is 412 g/mol. The molecule has 0 N–H and O–H groups in total. The van der Waals surface area contributed by atoms with Crippen molar-refractivity contribution in [3.8, 4) is 5.75 Å². The highest BCUT2D eigenvalue weighted by molar-refractivity contribution is 7.75. The van der Waals surface area contributed by atoms with Gasteiger partial charge in [0, 0.05) is 6.61 Å². The summed E-state index contributed by atoms with van der Waals surface area (Å²) < 4.78 is 40.5. The quantitative estimate of drug-likeness (QED) is 0.609. The molecule has 3 rings (SSSR count). The largest absolute Gasteiger partial charge is 0.497 e. The maximum Gasteiger partial charge on any atom is 0.305 e. The van der Waals surface area contributed by atoms with Crippen molar-refractivity contribution in [3.05, 3.63) is 29.8 Å². The van der Waals surface area contributed by atoms with E-state index in [0.29, 0.717) is 13.0 Å². The van der Waals surface area contributed by atoms with Crippen LogP contribution in [0.5, 0.6) is 5.75 Å². The second-order valence-electron chi connectivity index (χ2n) is 7.90. The summed E-state index contributed by atoms with van der Waals surface area (Å²) in [6.45, 7) is 7.37. The molecule has 0 aromatic heterocycles. The molecule has 7 heteroatoms. The van der Waals surface area contributed by atoms with Crippen molar-refractivity contribution >= 4 is 11.4 Å². The Morgan fingerprint density at radius 3 is 2.61 bits per heavy atom. The first-order chi connectivity index (χ1) is 13.4. The molecule has 2 fully saturated rings. The fourth-order valence-electron chi connectivity index (χ4n) is 4.11. The van der Waals surface area contributed by atoms with Gasteiger partial charge < -0.3 is 14.2 Å². The van der Waals surface area contributed by atoms with Crippen molar-refractivity contribution in [2.45, 2.75) is 82.9 Å². The van der Waals surface area contributed by atoms with Crippen LogP contribution in [-0.4, -0.2) is 41.3 Å². The molecule has 2 saturated heterocycles. The molecule has 1 aromatic rings. The van der Waals surface area contributed by atoms with Crippen LogP contribution in [0.2, 0.25) is 0 Å². The number of methoxy groups -OCH3 is 1. The minimum atomic E-state index is -1.67. The van der Waals surface area contributed by atoms with Crippen LogP contribution in [0.4, 0.5) is 0 Å². The van der Waals surface area contributed by atoms with Gasteiger partial charge in [0.25, 0.3) is 0 Å². The Morgan fingerprint density at radius 2 is 2.07 bits per heavy atom. The van der Waals surface area contributed by atoms with E-state index >= 15 is 0 Å². The number of ether oxygens (including phenoxy) is 3.